The molecule has 0 saturated carbocycles. The standard InChI is InChI=1S/C43H83N2O6P/c1-6-8-10-12-14-15-16-17-18-19-20-21-22-23-24-25-26-27-28-29-31-32-34-36-42(46)41(40-51-52(48,49)50-39-38-45(3,4)5)44-43(47)37-35-33-30-13-11-9-7-2/h24-25,28-29,34,36,41-42,46H,6-23,26-27,30-33,35,37-40H2,1-5H3,(H-,44,47,48,49)/b25-24+,29-28+,36-34+. The molecule has 306 valence electrons. The van der Waals surface area contributed by atoms with E-state index in [0.29, 0.717) is 17.4 Å². The molecular weight excluding hydrogens is 671 g/mol. The van der Waals surface area contributed by atoms with E-state index in [1.54, 1.807) is 6.08 Å². The van der Waals surface area contributed by atoms with Crippen molar-refractivity contribution in [1.29, 1.82) is 0 Å². The Morgan fingerprint density at radius 2 is 1.08 bits per heavy atom. The normalized spacial score (nSPS) is 14.8. The minimum absolute atomic E-state index is 0.00860. The van der Waals surface area contributed by atoms with Crippen LogP contribution in [0.2, 0.25) is 0 Å². The van der Waals surface area contributed by atoms with E-state index in [0.717, 1.165) is 44.9 Å². The summed E-state index contributed by atoms with van der Waals surface area (Å²) in [6, 6.07) is -0.903. The summed E-state index contributed by atoms with van der Waals surface area (Å²) in [5.74, 6) is -0.220. The Hall–Kier alpha value is -1.28. The molecule has 3 atom stereocenters. The Balaban J connectivity index is 4.34. The number of aliphatic hydroxyl groups excluding tert-OH is 1. The number of nitrogens with one attached hydrogen (secondary N) is 1. The van der Waals surface area contributed by atoms with E-state index in [1.165, 1.54) is 116 Å². The molecule has 0 aromatic rings. The second kappa shape index (κ2) is 35.4. The summed E-state index contributed by atoms with van der Waals surface area (Å²) in [5.41, 5.74) is 0. The number of quaternary nitrogens is 1. The molecule has 0 aliphatic heterocycles. The maximum absolute atomic E-state index is 12.7. The van der Waals surface area contributed by atoms with Crippen molar-refractivity contribution in [3.05, 3.63) is 36.5 Å². The molecule has 1 amide bonds. The summed E-state index contributed by atoms with van der Waals surface area (Å²) in [4.78, 5) is 25.0. The highest BCUT2D eigenvalue weighted by atomic mass is 31.2. The first-order valence-corrected chi connectivity index (χ1v) is 22.8. The molecule has 8 nitrogen and oxygen atoms in total. The molecule has 0 radical (unpaired) electrons. The monoisotopic (exact) mass is 755 g/mol. The van der Waals surface area contributed by atoms with Crippen LogP contribution in [-0.2, 0) is 18.4 Å². The molecule has 52 heavy (non-hydrogen) atoms. The van der Waals surface area contributed by atoms with Crippen molar-refractivity contribution in [1.82, 2.24) is 5.32 Å². The lowest BCUT2D eigenvalue weighted by molar-refractivity contribution is -0.870. The van der Waals surface area contributed by atoms with Gasteiger partial charge in [0.1, 0.15) is 13.2 Å². The number of likely N-dealkylation sites (N-methyl/N-ethyl adjacent to an activating group) is 1. The number of nitrogens with zero attached hydrogens (tertiary/aromatic N) is 1. The van der Waals surface area contributed by atoms with Crippen molar-refractivity contribution in [3.8, 4) is 0 Å². The van der Waals surface area contributed by atoms with Gasteiger partial charge >= 0.3 is 0 Å². The number of carbonyl (C=O) groups is 1. The average molecular weight is 755 g/mol. The van der Waals surface area contributed by atoms with Crippen LogP contribution in [0.5, 0.6) is 0 Å². The molecule has 0 aromatic heterocycles. The van der Waals surface area contributed by atoms with E-state index in [9.17, 15) is 19.4 Å². The van der Waals surface area contributed by atoms with Crippen LogP contribution < -0.4 is 10.2 Å². The Morgan fingerprint density at radius 1 is 0.654 bits per heavy atom. The lowest BCUT2D eigenvalue weighted by Gasteiger charge is -2.29. The number of rotatable bonds is 38. The summed E-state index contributed by atoms with van der Waals surface area (Å²) in [5, 5.41) is 13.7. The first kappa shape index (κ1) is 50.7. The largest absolute Gasteiger partial charge is 0.756 e. The SMILES string of the molecule is CCCCCCCCCCCCCCC/C=C/CC/C=C/CC/C=C/C(O)C(COP(=O)([O-])OCC[N+](C)(C)C)NC(=O)CCCCCCCCC. The van der Waals surface area contributed by atoms with Gasteiger partial charge in [0.2, 0.25) is 5.91 Å². The number of phosphoric ester groups is 1. The van der Waals surface area contributed by atoms with Crippen molar-refractivity contribution in [2.45, 2.75) is 193 Å². The molecular formula is C43H83N2O6P. The lowest BCUT2D eigenvalue weighted by Crippen LogP contribution is -2.45. The zero-order chi connectivity index (χ0) is 38.6. The Morgan fingerprint density at radius 3 is 1.56 bits per heavy atom. The van der Waals surface area contributed by atoms with Crippen molar-refractivity contribution < 1.29 is 32.9 Å². The third kappa shape index (κ3) is 37.1. The second-order valence-electron chi connectivity index (χ2n) is 15.7. The maximum atomic E-state index is 12.7. The Kier molecular flexibility index (Phi) is 34.6. The summed E-state index contributed by atoms with van der Waals surface area (Å²) in [6.45, 7) is 4.55. The third-order valence-corrected chi connectivity index (χ3v) is 10.3. The smallest absolute Gasteiger partial charge is 0.268 e. The number of carbonyl (C=O) groups excluding carboxylic acids is 1. The van der Waals surface area contributed by atoms with Crippen molar-refractivity contribution >= 4 is 13.7 Å². The molecule has 0 heterocycles. The topological polar surface area (TPSA) is 108 Å². The van der Waals surface area contributed by atoms with Gasteiger partial charge in [-0.25, -0.2) is 0 Å². The van der Waals surface area contributed by atoms with Crippen molar-refractivity contribution in [2.75, 3.05) is 40.9 Å². The number of amides is 1. The zero-order valence-corrected chi connectivity index (χ0v) is 35.4. The average Bonchev–Trinajstić information content (AvgIpc) is 3.09. The molecule has 0 spiro atoms. The van der Waals surface area contributed by atoms with Crippen LogP contribution in [0.15, 0.2) is 36.5 Å². The Labute approximate surface area is 321 Å². The number of allylic oxidation sites excluding steroid dienone is 5. The summed E-state index contributed by atoms with van der Waals surface area (Å²) in [6.07, 6.45) is 42.2. The molecule has 0 aliphatic carbocycles. The van der Waals surface area contributed by atoms with E-state index in [2.05, 4.69) is 43.5 Å². The van der Waals surface area contributed by atoms with Gasteiger partial charge in [0.05, 0.1) is 39.9 Å². The fourth-order valence-electron chi connectivity index (χ4n) is 5.89. The lowest BCUT2D eigenvalue weighted by atomic mass is 10.0. The van der Waals surface area contributed by atoms with Gasteiger partial charge in [0.25, 0.3) is 7.82 Å². The molecule has 3 unspecified atom stereocenters. The predicted molar refractivity (Wildman–Crippen MR) is 219 cm³/mol. The highest BCUT2D eigenvalue weighted by Crippen LogP contribution is 2.38. The fraction of sp³-hybridized carbons (Fsp3) is 0.837. The van der Waals surface area contributed by atoms with Gasteiger partial charge in [-0.15, -0.1) is 0 Å². The van der Waals surface area contributed by atoms with Crippen molar-refractivity contribution in [2.24, 2.45) is 0 Å². The first-order chi connectivity index (χ1) is 25.0. The zero-order valence-electron chi connectivity index (χ0n) is 34.5. The van der Waals surface area contributed by atoms with Gasteiger partial charge < -0.3 is 28.8 Å². The quantitative estimate of drug-likeness (QED) is 0.0281. The fourth-order valence-corrected chi connectivity index (χ4v) is 6.61. The number of aliphatic hydroxyl groups is 1. The van der Waals surface area contributed by atoms with Crippen LogP contribution in [0.4, 0.5) is 0 Å². The van der Waals surface area contributed by atoms with E-state index < -0.39 is 26.6 Å². The van der Waals surface area contributed by atoms with Crippen molar-refractivity contribution in [3.63, 3.8) is 0 Å². The van der Waals surface area contributed by atoms with E-state index in [-0.39, 0.29) is 12.5 Å². The van der Waals surface area contributed by atoms with E-state index in [4.69, 9.17) is 9.05 Å². The molecule has 9 heteroatoms. The van der Waals surface area contributed by atoms with Crippen LogP contribution in [-0.4, -0.2) is 68.5 Å². The number of unbranched alkanes of at least 4 members (excludes halogenated alkanes) is 21. The van der Waals surface area contributed by atoms with Crippen LogP contribution in [0.25, 0.3) is 0 Å². The van der Waals surface area contributed by atoms with Crippen LogP contribution >= 0.6 is 7.82 Å². The third-order valence-electron chi connectivity index (χ3n) is 9.33. The Bertz CT molecular complexity index is 948. The molecule has 2 N–H and O–H groups in total. The van der Waals surface area contributed by atoms with Gasteiger partial charge in [0.15, 0.2) is 0 Å². The second-order valence-corrected chi connectivity index (χ2v) is 17.1. The molecule has 0 bridgehead atoms. The number of phosphoric acid groups is 1. The molecule has 0 saturated heterocycles. The summed E-state index contributed by atoms with van der Waals surface area (Å²) >= 11 is 0. The minimum atomic E-state index is -4.59. The van der Waals surface area contributed by atoms with Crippen LogP contribution in [0.3, 0.4) is 0 Å². The molecule has 0 rings (SSSR count). The number of hydrogen-bond acceptors (Lipinski definition) is 6. The van der Waals surface area contributed by atoms with Crippen LogP contribution in [0.1, 0.15) is 181 Å². The van der Waals surface area contributed by atoms with Gasteiger partial charge in [0, 0.05) is 6.42 Å². The predicted octanol–water partition coefficient (Wildman–Crippen LogP) is 10.9. The van der Waals surface area contributed by atoms with Crippen LogP contribution in [0, 0.1) is 0 Å². The number of hydrogen-bond donors (Lipinski definition) is 2. The van der Waals surface area contributed by atoms with Gasteiger partial charge in [-0.05, 0) is 44.9 Å². The van der Waals surface area contributed by atoms with Gasteiger partial charge in [-0.3, -0.25) is 9.36 Å². The maximum Gasteiger partial charge on any atom is 0.268 e. The first-order valence-electron chi connectivity index (χ1n) is 21.4. The highest BCUT2D eigenvalue weighted by Gasteiger charge is 2.23. The van der Waals surface area contributed by atoms with E-state index >= 15 is 0 Å². The molecule has 0 aromatic carbocycles. The van der Waals surface area contributed by atoms with E-state index in [1.807, 2.05) is 27.2 Å². The molecule has 0 fully saturated rings. The molecule has 0 aliphatic rings. The summed E-state index contributed by atoms with van der Waals surface area (Å²) < 4.78 is 23.0. The summed E-state index contributed by atoms with van der Waals surface area (Å²) in [7, 11) is 1.23. The minimum Gasteiger partial charge on any atom is -0.756 e. The van der Waals surface area contributed by atoms with Gasteiger partial charge in [-0.1, -0.05) is 166 Å². The van der Waals surface area contributed by atoms with Gasteiger partial charge in [-0.2, -0.15) is 0 Å². The highest BCUT2D eigenvalue weighted by molar-refractivity contribution is 7.45.